The maximum atomic E-state index is 12.6. The number of carbonyl (C=O) groups excluding carboxylic acids is 1. The van der Waals surface area contributed by atoms with E-state index in [-0.39, 0.29) is 5.91 Å². The molecule has 0 saturated heterocycles. The van der Waals surface area contributed by atoms with Crippen LogP contribution in [0.4, 0.5) is 5.69 Å². The second kappa shape index (κ2) is 7.51. The van der Waals surface area contributed by atoms with Gasteiger partial charge in [0.2, 0.25) is 0 Å². The molecule has 0 aliphatic rings. The highest BCUT2D eigenvalue weighted by atomic mass is 16.5. The predicted octanol–water partition coefficient (Wildman–Crippen LogP) is 1.94. The molecule has 1 heterocycles. The number of methoxy groups -OCH3 is 3. The molecule has 9 nitrogen and oxygen atoms in total. The van der Waals surface area contributed by atoms with Gasteiger partial charge in [-0.15, -0.1) is 5.10 Å². The van der Waals surface area contributed by atoms with Crippen molar-refractivity contribution in [2.75, 3.05) is 26.6 Å². The Morgan fingerprint density at radius 3 is 2.46 bits per heavy atom. The third-order valence-corrected chi connectivity index (χ3v) is 3.69. The zero-order valence-corrected chi connectivity index (χ0v) is 14.5. The molecule has 1 amide bonds. The van der Waals surface area contributed by atoms with Gasteiger partial charge in [-0.2, -0.15) is 4.68 Å². The lowest BCUT2D eigenvalue weighted by Crippen LogP contribution is -2.13. The fraction of sp³-hybridized carbons (Fsp3) is 0.176. The van der Waals surface area contributed by atoms with Crippen molar-refractivity contribution in [1.29, 1.82) is 0 Å². The molecule has 0 bridgehead atoms. The first-order chi connectivity index (χ1) is 12.7. The van der Waals surface area contributed by atoms with Crippen molar-refractivity contribution in [2.24, 2.45) is 0 Å². The largest absolute Gasteiger partial charge is 0.497 e. The maximum absolute atomic E-state index is 12.6. The normalized spacial score (nSPS) is 10.3. The molecule has 0 saturated carbocycles. The topological polar surface area (TPSA) is 100 Å². The molecule has 9 heteroatoms. The van der Waals surface area contributed by atoms with Crippen LogP contribution in [-0.2, 0) is 0 Å². The number of rotatable bonds is 6. The van der Waals surface area contributed by atoms with Crippen molar-refractivity contribution in [3.63, 3.8) is 0 Å². The second-order valence-electron chi connectivity index (χ2n) is 5.16. The third-order valence-electron chi connectivity index (χ3n) is 3.69. The second-order valence-corrected chi connectivity index (χ2v) is 5.16. The molecule has 0 unspecified atom stereocenters. The Morgan fingerprint density at radius 1 is 1.00 bits per heavy atom. The molecule has 3 rings (SSSR count). The van der Waals surface area contributed by atoms with E-state index in [1.165, 1.54) is 25.2 Å². The molecule has 0 radical (unpaired) electrons. The molecular formula is C17H17N5O4. The summed E-state index contributed by atoms with van der Waals surface area (Å²) in [4.78, 5) is 12.6. The van der Waals surface area contributed by atoms with Gasteiger partial charge in [-0.25, -0.2) is 0 Å². The number of aromatic nitrogens is 4. The third kappa shape index (κ3) is 3.41. The van der Waals surface area contributed by atoms with Crippen LogP contribution in [0, 0.1) is 0 Å². The number of amides is 1. The zero-order chi connectivity index (χ0) is 18.5. The lowest BCUT2D eigenvalue weighted by Gasteiger charge is -2.13. The summed E-state index contributed by atoms with van der Waals surface area (Å²) in [6, 6.07) is 10.1. The van der Waals surface area contributed by atoms with E-state index in [9.17, 15) is 4.79 Å². The average molecular weight is 355 g/mol. The lowest BCUT2D eigenvalue weighted by molar-refractivity contribution is 0.102. The molecule has 26 heavy (non-hydrogen) atoms. The number of ether oxygens (including phenoxy) is 3. The van der Waals surface area contributed by atoms with Crippen LogP contribution in [0.3, 0.4) is 0 Å². The standard InChI is InChI=1S/C17H17N5O4/c1-24-12-5-6-13(15(9-12)25-2)19-17(23)11-4-7-14(16(8-11)26-3)22-10-18-20-21-22/h4-10H,1-3H3,(H,19,23). The van der Waals surface area contributed by atoms with E-state index in [1.807, 2.05) is 0 Å². The first kappa shape index (κ1) is 17.2. The van der Waals surface area contributed by atoms with Crippen LogP contribution in [0.25, 0.3) is 5.69 Å². The van der Waals surface area contributed by atoms with Gasteiger partial charge in [-0.05, 0) is 40.8 Å². The van der Waals surface area contributed by atoms with Gasteiger partial charge < -0.3 is 19.5 Å². The van der Waals surface area contributed by atoms with Crippen LogP contribution in [-0.4, -0.2) is 47.4 Å². The summed E-state index contributed by atoms with van der Waals surface area (Å²) < 4.78 is 17.2. The van der Waals surface area contributed by atoms with Gasteiger partial charge in [0.25, 0.3) is 5.91 Å². The van der Waals surface area contributed by atoms with Crippen LogP contribution >= 0.6 is 0 Å². The summed E-state index contributed by atoms with van der Waals surface area (Å²) in [7, 11) is 4.59. The van der Waals surface area contributed by atoms with Gasteiger partial charge in [0.05, 0.1) is 27.0 Å². The van der Waals surface area contributed by atoms with E-state index >= 15 is 0 Å². The Bertz CT molecular complexity index is 912. The molecule has 0 fully saturated rings. The summed E-state index contributed by atoms with van der Waals surface area (Å²) in [5, 5.41) is 13.8. The predicted molar refractivity (Wildman–Crippen MR) is 93.2 cm³/mol. The Hall–Kier alpha value is -3.62. The van der Waals surface area contributed by atoms with Gasteiger partial charge in [0.1, 0.15) is 29.3 Å². The van der Waals surface area contributed by atoms with E-state index in [2.05, 4.69) is 20.8 Å². The Balaban J connectivity index is 1.87. The molecule has 2 aromatic carbocycles. The smallest absolute Gasteiger partial charge is 0.255 e. The van der Waals surface area contributed by atoms with Crippen molar-refractivity contribution in [3.8, 4) is 22.9 Å². The quantitative estimate of drug-likeness (QED) is 0.721. The van der Waals surface area contributed by atoms with Crippen molar-refractivity contribution in [2.45, 2.75) is 0 Å². The van der Waals surface area contributed by atoms with E-state index in [4.69, 9.17) is 14.2 Å². The molecule has 0 spiro atoms. The van der Waals surface area contributed by atoms with Gasteiger partial charge in [0.15, 0.2) is 0 Å². The number of carbonyl (C=O) groups is 1. The number of nitrogens with one attached hydrogen (secondary N) is 1. The number of hydrogen-bond donors (Lipinski definition) is 1. The number of nitrogens with zero attached hydrogens (tertiary/aromatic N) is 4. The van der Waals surface area contributed by atoms with Crippen LogP contribution in [0.15, 0.2) is 42.7 Å². The maximum Gasteiger partial charge on any atom is 0.255 e. The highest BCUT2D eigenvalue weighted by molar-refractivity contribution is 6.05. The SMILES string of the molecule is COc1ccc(NC(=O)c2ccc(-n3cnnn3)c(OC)c2)c(OC)c1. The van der Waals surface area contributed by atoms with Gasteiger partial charge in [-0.1, -0.05) is 0 Å². The minimum absolute atomic E-state index is 0.310. The minimum Gasteiger partial charge on any atom is -0.497 e. The summed E-state index contributed by atoms with van der Waals surface area (Å²) >= 11 is 0. The van der Waals surface area contributed by atoms with E-state index in [1.54, 1.807) is 43.5 Å². The first-order valence-corrected chi connectivity index (χ1v) is 7.61. The summed E-state index contributed by atoms with van der Waals surface area (Å²) in [5.74, 6) is 1.28. The highest BCUT2D eigenvalue weighted by Crippen LogP contribution is 2.30. The minimum atomic E-state index is -0.310. The summed E-state index contributed by atoms with van der Waals surface area (Å²) in [5.41, 5.74) is 1.56. The number of anilines is 1. The van der Waals surface area contributed by atoms with Crippen molar-refractivity contribution in [1.82, 2.24) is 20.2 Å². The Kier molecular flexibility index (Phi) is 4.97. The fourth-order valence-electron chi connectivity index (χ4n) is 2.38. The van der Waals surface area contributed by atoms with Gasteiger partial charge in [-0.3, -0.25) is 4.79 Å². The Labute approximate surface area is 149 Å². The van der Waals surface area contributed by atoms with E-state index in [0.717, 1.165) is 0 Å². The van der Waals surface area contributed by atoms with Crippen LogP contribution < -0.4 is 19.5 Å². The molecule has 134 valence electrons. The summed E-state index contributed by atoms with van der Waals surface area (Å²) in [6.45, 7) is 0. The molecule has 1 aromatic heterocycles. The van der Waals surface area contributed by atoms with Crippen molar-refractivity contribution >= 4 is 11.6 Å². The molecule has 3 aromatic rings. The number of hydrogen-bond acceptors (Lipinski definition) is 7. The highest BCUT2D eigenvalue weighted by Gasteiger charge is 2.14. The van der Waals surface area contributed by atoms with Crippen LogP contribution in [0.2, 0.25) is 0 Å². The monoisotopic (exact) mass is 355 g/mol. The van der Waals surface area contributed by atoms with E-state index in [0.29, 0.717) is 34.2 Å². The first-order valence-electron chi connectivity index (χ1n) is 7.61. The molecule has 0 atom stereocenters. The van der Waals surface area contributed by atoms with Crippen molar-refractivity contribution < 1.29 is 19.0 Å². The number of tetrazole rings is 1. The average Bonchev–Trinajstić information content (AvgIpc) is 3.22. The van der Waals surface area contributed by atoms with Crippen LogP contribution in [0.5, 0.6) is 17.2 Å². The molecule has 0 aliphatic carbocycles. The fourth-order valence-corrected chi connectivity index (χ4v) is 2.38. The van der Waals surface area contributed by atoms with Crippen LogP contribution in [0.1, 0.15) is 10.4 Å². The molecular weight excluding hydrogens is 338 g/mol. The molecule has 0 aliphatic heterocycles. The van der Waals surface area contributed by atoms with Gasteiger partial charge >= 0.3 is 0 Å². The summed E-state index contributed by atoms with van der Waals surface area (Å²) in [6.07, 6.45) is 1.44. The van der Waals surface area contributed by atoms with E-state index < -0.39 is 0 Å². The number of benzene rings is 2. The zero-order valence-electron chi connectivity index (χ0n) is 14.5. The lowest BCUT2D eigenvalue weighted by atomic mass is 10.1. The van der Waals surface area contributed by atoms with Gasteiger partial charge in [0, 0.05) is 11.6 Å². The van der Waals surface area contributed by atoms with Crippen molar-refractivity contribution in [3.05, 3.63) is 48.3 Å². The molecule has 1 N–H and O–H groups in total. The Morgan fingerprint density at radius 2 is 1.81 bits per heavy atom.